The van der Waals surface area contributed by atoms with Crippen LogP contribution in [0.2, 0.25) is 0 Å². The van der Waals surface area contributed by atoms with Crippen LogP contribution in [0.3, 0.4) is 0 Å². The van der Waals surface area contributed by atoms with E-state index in [1.807, 2.05) is 6.92 Å². The van der Waals surface area contributed by atoms with Crippen molar-refractivity contribution in [1.82, 2.24) is 0 Å². The van der Waals surface area contributed by atoms with Crippen molar-refractivity contribution in [3.63, 3.8) is 0 Å². The zero-order chi connectivity index (χ0) is 23.8. The summed E-state index contributed by atoms with van der Waals surface area (Å²) in [5, 5.41) is 3.04. The van der Waals surface area contributed by atoms with Gasteiger partial charge in [0.05, 0.1) is 6.61 Å². The number of rotatable bonds is 5. The molecule has 34 heavy (non-hydrogen) atoms. The Morgan fingerprint density at radius 2 is 1.38 bits per heavy atom. The van der Waals surface area contributed by atoms with E-state index in [9.17, 15) is 4.79 Å². The number of nitrogens with one attached hydrogen (secondary N) is 1. The zero-order valence-electron chi connectivity index (χ0n) is 20.4. The lowest BCUT2D eigenvalue weighted by Crippen LogP contribution is -2.47. The highest BCUT2D eigenvalue weighted by Crippen LogP contribution is 2.54. The molecule has 1 amide bonds. The van der Waals surface area contributed by atoms with Crippen LogP contribution in [0.25, 0.3) is 0 Å². The van der Waals surface area contributed by atoms with E-state index in [4.69, 9.17) is 4.74 Å². The third-order valence-electron chi connectivity index (χ3n) is 7.88. The molecule has 2 unspecified atom stereocenters. The average molecular weight is 455 g/mol. The molecule has 0 bridgehead atoms. The monoisotopic (exact) mass is 454 g/mol. The summed E-state index contributed by atoms with van der Waals surface area (Å²) in [4.78, 5) is 15.1. The molecule has 2 aliphatic rings. The van der Waals surface area contributed by atoms with E-state index in [0.717, 1.165) is 38.0 Å². The van der Waals surface area contributed by atoms with E-state index in [2.05, 4.69) is 96.9 Å². The number of amides is 1. The summed E-state index contributed by atoms with van der Waals surface area (Å²) in [6, 6.07) is 25.9. The van der Waals surface area contributed by atoms with Crippen molar-refractivity contribution in [3.05, 3.63) is 95.1 Å². The van der Waals surface area contributed by atoms with Gasteiger partial charge < -0.3 is 9.64 Å². The molecular weight excluding hydrogens is 420 g/mol. The Hall–Kier alpha value is -3.27. The van der Waals surface area contributed by atoms with Gasteiger partial charge in [-0.05, 0) is 53.6 Å². The SMILES string of the molecule is CCCOC(=O)Nc1cc2c3c(c1)C(C)(c1ccccc1)CCN3CCC2(C)c1ccccc1. The molecule has 5 rings (SSSR count). The van der Waals surface area contributed by atoms with E-state index in [1.54, 1.807) is 0 Å². The summed E-state index contributed by atoms with van der Waals surface area (Å²) in [7, 11) is 0. The minimum atomic E-state index is -0.389. The van der Waals surface area contributed by atoms with E-state index in [1.165, 1.54) is 27.9 Å². The minimum absolute atomic E-state index is 0.137. The first-order valence-corrected chi connectivity index (χ1v) is 12.4. The number of anilines is 2. The van der Waals surface area contributed by atoms with Gasteiger partial charge in [0, 0.05) is 35.3 Å². The fraction of sp³-hybridized carbons (Fsp3) is 0.367. The third kappa shape index (κ3) is 3.75. The van der Waals surface area contributed by atoms with Gasteiger partial charge in [-0.15, -0.1) is 0 Å². The van der Waals surface area contributed by atoms with Gasteiger partial charge in [-0.3, -0.25) is 5.32 Å². The molecule has 2 aliphatic heterocycles. The third-order valence-corrected chi connectivity index (χ3v) is 7.88. The predicted molar refractivity (Wildman–Crippen MR) is 139 cm³/mol. The molecule has 4 heteroatoms. The molecule has 176 valence electrons. The largest absolute Gasteiger partial charge is 0.449 e. The predicted octanol–water partition coefficient (Wildman–Crippen LogP) is 6.87. The molecule has 0 spiro atoms. The highest BCUT2D eigenvalue weighted by Gasteiger charge is 2.45. The van der Waals surface area contributed by atoms with Gasteiger partial charge in [0.1, 0.15) is 0 Å². The normalized spacial score (nSPS) is 23.2. The zero-order valence-corrected chi connectivity index (χ0v) is 20.4. The molecule has 2 atom stereocenters. The van der Waals surface area contributed by atoms with Crippen molar-refractivity contribution in [2.75, 3.05) is 29.9 Å². The van der Waals surface area contributed by atoms with Crippen LogP contribution < -0.4 is 10.2 Å². The first kappa shape index (κ1) is 22.5. The van der Waals surface area contributed by atoms with Gasteiger partial charge in [0.2, 0.25) is 0 Å². The number of benzene rings is 3. The lowest BCUT2D eigenvalue weighted by molar-refractivity contribution is 0.161. The number of hydrogen-bond acceptors (Lipinski definition) is 3. The molecule has 0 aromatic heterocycles. The quantitative estimate of drug-likeness (QED) is 0.457. The molecule has 0 saturated carbocycles. The van der Waals surface area contributed by atoms with Gasteiger partial charge >= 0.3 is 6.09 Å². The summed E-state index contributed by atoms with van der Waals surface area (Å²) in [5.74, 6) is 0. The van der Waals surface area contributed by atoms with Gasteiger partial charge in [0.15, 0.2) is 0 Å². The summed E-state index contributed by atoms with van der Waals surface area (Å²) < 4.78 is 5.36. The van der Waals surface area contributed by atoms with Crippen LogP contribution in [0.1, 0.15) is 62.3 Å². The summed E-state index contributed by atoms with van der Waals surface area (Å²) in [6.07, 6.45) is 2.49. The van der Waals surface area contributed by atoms with E-state index < -0.39 is 0 Å². The Bertz CT molecular complexity index is 1100. The standard InChI is InChI=1S/C30H34N2O2/c1-4-19-34-28(33)31-24-20-25-27-26(21-24)30(3,23-13-9-6-10-14-23)16-18-32(27)17-15-29(25,2)22-11-7-5-8-12-22/h5-14,20-21H,4,15-19H2,1-3H3,(H,31,33). The van der Waals surface area contributed by atoms with E-state index in [0.29, 0.717) is 6.61 Å². The molecule has 1 N–H and O–H groups in total. The van der Waals surface area contributed by atoms with Crippen LogP contribution >= 0.6 is 0 Å². The first-order chi connectivity index (χ1) is 16.5. The molecule has 0 fully saturated rings. The van der Waals surface area contributed by atoms with Crippen LogP contribution in [0.15, 0.2) is 72.8 Å². The lowest BCUT2D eigenvalue weighted by Gasteiger charge is -2.50. The molecular formula is C30H34N2O2. The van der Waals surface area contributed by atoms with E-state index in [-0.39, 0.29) is 16.9 Å². The Kier molecular flexibility index (Phi) is 5.85. The van der Waals surface area contributed by atoms with Crippen molar-refractivity contribution >= 4 is 17.5 Å². The number of nitrogens with zero attached hydrogens (tertiary/aromatic N) is 1. The van der Waals surface area contributed by atoms with Gasteiger partial charge in [0.25, 0.3) is 0 Å². The summed E-state index contributed by atoms with van der Waals surface area (Å²) in [5.41, 5.74) is 7.07. The van der Waals surface area contributed by atoms with Crippen molar-refractivity contribution in [3.8, 4) is 0 Å². The molecule has 0 aliphatic carbocycles. The Labute approximate surface area is 202 Å². The highest BCUT2D eigenvalue weighted by atomic mass is 16.5. The molecule has 0 saturated heterocycles. The maximum atomic E-state index is 12.5. The average Bonchev–Trinajstić information content (AvgIpc) is 2.87. The highest BCUT2D eigenvalue weighted by molar-refractivity contribution is 5.87. The Morgan fingerprint density at radius 1 is 0.882 bits per heavy atom. The number of ether oxygens (including phenoxy) is 1. The maximum absolute atomic E-state index is 12.5. The molecule has 4 nitrogen and oxygen atoms in total. The molecule has 0 radical (unpaired) electrons. The first-order valence-electron chi connectivity index (χ1n) is 12.4. The van der Waals surface area contributed by atoms with Crippen LogP contribution in [0.5, 0.6) is 0 Å². The van der Waals surface area contributed by atoms with Crippen molar-refractivity contribution < 1.29 is 9.53 Å². The summed E-state index contributed by atoms with van der Waals surface area (Å²) in [6.45, 7) is 9.18. The number of hydrogen-bond donors (Lipinski definition) is 1. The number of carbonyl (C=O) groups is 1. The van der Waals surface area contributed by atoms with Crippen molar-refractivity contribution in [1.29, 1.82) is 0 Å². The Morgan fingerprint density at radius 3 is 1.85 bits per heavy atom. The fourth-order valence-electron chi connectivity index (χ4n) is 5.77. The molecule has 3 aromatic rings. The molecule has 3 aromatic carbocycles. The van der Waals surface area contributed by atoms with Crippen molar-refractivity contribution in [2.45, 2.75) is 50.9 Å². The van der Waals surface area contributed by atoms with Crippen LogP contribution in [0.4, 0.5) is 16.2 Å². The van der Waals surface area contributed by atoms with Crippen LogP contribution in [0, 0.1) is 0 Å². The Balaban J connectivity index is 1.71. The smallest absolute Gasteiger partial charge is 0.411 e. The molecule has 2 heterocycles. The van der Waals surface area contributed by atoms with Gasteiger partial charge in [-0.2, -0.15) is 0 Å². The fourth-order valence-corrected chi connectivity index (χ4v) is 5.77. The van der Waals surface area contributed by atoms with E-state index >= 15 is 0 Å². The van der Waals surface area contributed by atoms with Crippen molar-refractivity contribution in [2.24, 2.45) is 0 Å². The second kappa shape index (κ2) is 8.83. The van der Waals surface area contributed by atoms with Gasteiger partial charge in [-0.1, -0.05) is 81.4 Å². The van der Waals surface area contributed by atoms with Crippen LogP contribution in [-0.2, 0) is 15.6 Å². The van der Waals surface area contributed by atoms with Crippen LogP contribution in [-0.4, -0.2) is 25.8 Å². The minimum Gasteiger partial charge on any atom is -0.449 e. The second-order valence-electron chi connectivity index (χ2n) is 10.1. The maximum Gasteiger partial charge on any atom is 0.411 e. The summed E-state index contributed by atoms with van der Waals surface area (Å²) >= 11 is 0. The topological polar surface area (TPSA) is 41.6 Å². The lowest BCUT2D eigenvalue weighted by atomic mass is 9.64. The number of carbonyl (C=O) groups excluding carboxylic acids is 1. The second-order valence-corrected chi connectivity index (χ2v) is 10.1. The van der Waals surface area contributed by atoms with Gasteiger partial charge in [-0.25, -0.2) is 4.79 Å².